The van der Waals surface area contributed by atoms with Gasteiger partial charge in [0.25, 0.3) is 5.91 Å². The SMILES string of the molecule is Cc1cccc(OCCN(C(=O)C2=C(c3ccc(CCCOc4c(F)ccc(F)c4F)cc3)CC3CN(C(=O)O)CC2N3C(=O)O)C2CC2)c1. The molecule has 1 aliphatic carbocycles. The first-order chi connectivity index (χ1) is 24.0. The maximum atomic E-state index is 14.6. The van der Waals surface area contributed by atoms with Crippen LogP contribution in [0.1, 0.15) is 42.4 Å². The van der Waals surface area contributed by atoms with E-state index in [0.29, 0.717) is 35.8 Å². The summed E-state index contributed by atoms with van der Waals surface area (Å²) in [7, 11) is 0. The first-order valence-corrected chi connectivity index (χ1v) is 16.6. The molecule has 264 valence electrons. The van der Waals surface area contributed by atoms with Crippen molar-refractivity contribution in [3.63, 3.8) is 0 Å². The highest BCUT2D eigenvalue weighted by Crippen LogP contribution is 2.41. The summed E-state index contributed by atoms with van der Waals surface area (Å²) >= 11 is 0. The minimum absolute atomic E-state index is 0.0235. The van der Waals surface area contributed by atoms with Crippen LogP contribution in [-0.4, -0.2) is 94.0 Å². The highest BCUT2D eigenvalue weighted by Gasteiger charge is 2.49. The fourth-order valence-corrected chi connectivity index (χ4v) is 6.82. The first-order valence-electron chi connectivity index (χ1n) is 16.6. The van der Waals surface area contributed by atoms with Crippen molar-refractivity contribution in [2.75, 3.05) is 32.8 Å². The number of aryl methyl sites for hydroxylation is 2. The Balaban J connectivity index is 1.24. The Morgan fingerprint density at radius 1 is 0.900 bits per heavy atom. The van der Waals surface area contributed by atoms with Gasteiger partial charge in [-0.05, 0) is 85.6 Å². The van der Waals surface area contributed by atoms with E-state index in [1.807, 2.05) is 55.5 Å². The van der Waals surface area contributed by atoms with Crippen LogP contribution >= 0.6 is 0 Å². The van der Waals surface area contributed by atoms with Crippen molar-refractivity contribution in [2.24, 2.45) is 0 Å². The quantitative estimate of drug-likeness (QED) is 0.167. The molecule has 0 aromatic heterocycles. The molecule has 0 spiro atoms. The van der Waals surface area contributed by atoms with Crippen molar-refractivity contribution in [3.05, 3.63) is 100 Å². The Morgan fingerprint density at radius 3 is 2.32 bits per heavy atom. The summed E-state index contributed by atoms with van der Waals surface area (Å²) in [6.45, 7) is 2.20. The Bertz CT molecular complexity index is 1800. The van der Waals surface area contributed by atoms with Crippen LogP contribution in [0.15, 0.2) is 66.2 Å². The fourth-order valence-electron chi connectivity index (χ4n) is 6.82. The second-order valence-corrected chi connectivity index (χ2v) is 12.9. The van der Waals surface area contributed by atoms with Gasteiger partial charge in [0.1, 0.15) is 12.4 Å². The molecule has 2 bridgehead atoms. The van der Waals surface area contributed by atoms with E-state index in [-0.39, 0.29) is 56.8 Å². The van der Waals surface area contributed by atoms with Gasteiger partial charge in [-0.15, -0.1) is 0 Å². The highest BCUT2D eigenvalue weighted by atomic mass is 19.2. The number of fused-ring (bicyclic) bond motifs is 2. The van der Waals surface area contributed by atoms with Crippen LogP contribution in [0, 0.1) is 24.4 Å². The van der Waals surface area contributed by atoms with E-state index in [0.717, 1.165) is 30.0 Å². The molecule has 1 saturated carbocycles. The molecule has 2 heterocycles. The van der Waals surface area contributed by atoms with Crippen molar-refractivity contribution in [1.82, 2.24) is 14.7 Å². The Kier molecular flexibility index (Phi) is 10.2. The second-order valence-electron chi connectivity index (χ2n) is 12.9. The number of ether oxygens (including phenoxy) is 2. The number of carbonyl (C=O) groups is 3. The van der Waals surface area contributed by atoms with Gasteiger partial charge in [-0.1, -0.05) is 36.4 Å². The van der Waals surface area contributed by atoms with Crippen molar-refractivity contribution >= 4 is 23.7 Å². The predicted octanol–water partition coefficient (Wildman–Crippen LogP) is 6.36. The Labute approximate surface area is 287 Å². The lowest BCUT2D eigenvalue weighted by Gasteiger charge is -2.49. The van der Waals surface area contributed by atoms with Gasteiger partial charge in [-0.25, -0.2) is 18.4 Å². The molecular weight excluding hydrogens is 655 g/mol. The van der Waals surface area contributed by atoms with Crippen LogP contribution in [0.3, 0.4) is 0 Å². The number of benzene rings is 3. The van der Waals surface area contributed by atoms with Gasteiger partial charge in [-0.3, -0.25) is 9.69 Å². The fraction of sp³-hybridized carbons (Fsp3) is 0.378. The predicted molar refractivity (Wildman–Crippen MR) is 177 cm³/mol. The maximum absolute atomic E-state index is 14.6. The molecule has 6 rings (SSSR count). The molecule has 1 saturated heterocycles. The molecule has 2 unspecified atom stereocenters. The van der Waals surface area contributed by atoms with E-state index in [4.69, 9.17) is 9.47 Å². The summed E-state index contributed by atoms with van der Waals surface area (Å²) in [6.07, 6.45) is 0.202. The Morgan fingerprint density at radius 2 is 1.64 bits per heavy atom. The lowest BCUT2D eigenvalue weighted by molar-refractivity contribution is -0.129. The van der Waals surface area contributed by atoms with Crippen molar-refractivity contribution < 1.29 is 47.2 Å². The van der Waals surface area contributed by atoms with Gasteiger partial charge >= 0.3 is 12.2 Å². The van der Waals surface area contributed by atoms with Crippen molar-refractivity contribution in [1.29, 1.82) is 0 Å². The zero-order chi connectivity index (χ0) is 35.5. The number of amides is 3. The minimum Gasteiger partial charge on any atom is -0.492 e. The molecule has 2 atom stereocenters. The molecule has 3 aliphatic rings. The highest BCUT2D eigenvalue weighted by molar-refractivity contribution is 6.04. The third kappa shape index (κ3) is 7.51. The summed E-state index contributed by atoms with van der Waals surface area (Å²) in [4.78, 5) is 43.3. The topological polar surface area (TPSA) is 120 Å². The van der Waals surface area contributed by atoms with Gasteiger partial charge in [0.2, 0.25) is 5.82 Å². The molecule has 2 aliphatic heterocycles. The molecule has 3 amide bonds. The molecule has 13 heteroatoms. The third-order valence-electron chi connectivity index (χ3n) is 9.37. The van der Waals surface area contributed by atoms with Crippen LogP contribution in [0.4, 0.5) is 22.8 Å². The molecular formula is C37H38F3N3O7. The van der Waals surface area contributed by atoms with Crippen LogP contribution in [-0.2, 0) is 11.2 Å². The number of carboxylic acid groups (broad SMARTS) is 2. The zero-order valence-corrected chi connectivity index (χ0v) is 27.5. The first kappa shape index (κ1) is 34.7. The second kappa shape index (κ2) is 14.7. The molecule has 2 fully saturated rings. The van der Waals surface area contributed by atoms with Crippen LogP contribution in [0.5, 0.6) is 11.5 Å². The number of piperazine rings is 1. The summed E-state index contributed by atoms with van der Waals surface area (Å²) in [5, 5.41) is 20.1. The van der Waals surface area contributed by atoms with Crippen LogP contribution in [0.25, 0.3) is 5.57 Å². The number of nitrogens with zero attached hydrogens (tertiary/aromatic N) is 3. The van der Waals surface area contributed by atoms with E-state index in [1.54, 1.807) is 4.90 Å². The van der Waals surface area contributed by atoms with E-state index in [9.17, 15) is 37.8 Å². The van der Waals surface area contributed by atoms with Gasteiger partial charge in [0.15, 0.2) is 17.4 Å². The average Bonchev–Trinajstić information content (AvgIpc) is 3.93. The van der Waals surface area contributed by atoms with E-state index >= 15 is 0 Å². The zero-order valence-electron chi connectivity index (χ0n) is 27.5. The van der Waals surface area contributed by atoms with Crippen LogP contribution in [0.2, 0.25) is 0 Å². The monoisotopic (exact) mass is 693 g/mol. The lowest BCUT2D eigenvalue weighted by atomic mass is 9.81. The normalized spacial score (nSPS) is 18.6. The molecule has 3 aromatic carbocycles. The standard InChI is InChI=1S/C37H38F3N3O7/c1-22-4-2-6-27(18-22)49-17-15-42(25-11-12-25)35(44)32-28(19-26-20-41(36(45)46)21-31(32)43(26)37(47)48)24-9-7-23(8-10-24)5-3-16-50-34-30(39)14-13-29(38)33(34)40/h2,4,6-10,13-14,18,25-26,31H,3,5,11-12,15-17,19-21H2,1H3,(H,45,46)(H,47,48). The summed E-state index contributed by atoms with van der Waals surface area (Å²) < 4.78 is 52.5. The van der Waals surface area contributed by atoms with E-state index < -0.39 is 47.5 Å². The summed E-state index contributed by atoms with van der Waals surface area (Å²) in [5.74, 6) is -3.99. The van der Waals surface area contributed by atoms with Gasteiger partial charge in [0, 0.05) is 24.7 Å². The smallest absolute Gasteiger partial charge is 0.408 e. The Hall–Kier alpha value is -5.20. The number of halogens is 3. The molecule has 0 radical (unpaired) electrons. The number of carbonyl (C=O) groups excluding carboxylic acids is 1. The van der Waals surface area contributed by atoms with Gasteiger partial charge < -0.3 is 29.5 Å². The van der Waals surface area contributed by atoms with Crippen LogP contribution < -0.4 is 9.47 Å². The van der Waals surface area contributed by atoms with E-state index in [1.165, 1.54) is 9.80 Å². The summed E-state index contributed by atoms with van der Waals surface area (Å²) in [5.41, 5.74) is 3.56. The van der Waals surface area contributed by atoms with Crippen molar-refractivity contribution in [2.45, 2.75) is 57.2 Å². The number of hydrogen-bond acceptors (Lipinski definition) is 5. The van der Waals surface area contributed by atoms with E-state index in [2.05, 4.69) is 0 Å². The molecule has 2 N–H and O–H groups in total. The molecule has 3 aromatic rings. The summed E-state index contributed by atoms with van der Waals surface area (Å²) in [6, 6.07) is 14.7. The maximum Gasteiger partial charge on any atom is 0.408 e. The largest absolute Gasteiger partial charge is 0.492 e. The van der Waals surface area contributed by atoms with Gasteiger partial charge in [-0.2, -0.15) is 4.39 Å². The average molecular weight is 694 g/mol. The number of rotatable bonds is 12. The third-order valence-corrected chi connectivity index (χ3v) is 9.37. The molecule has 10 nitrogen and oxygen atoms in total. The van der Waals surface area contributed by atoms with Crippen molar-refractivity contribution in [3.8, 4) is 11.5 Å². The number of hydrogen-bond donors (Lipinski definition) is 2. The molecule has 50 heavy (non-hydrogen) atoms. The minimum atomic E-state index is -1.38. The lowest BCUT2D eigenvalue weighted by Crippen LogP contribution is -2.65. The van der Waals surface area contributed by atoms with Gasteiger partial charge in [0.05, 0.1) is 25.2 Å².